The number of hydrogen-bond acceptors (Lipinski definition) is 3. The van der Waals surface area contributed by atoms with Crippen LogP contribution in [0.2, 0.25) is 0 Å². The Bertz CT molecular complexity index is 1700. The molecule has 0 spiro atoms. The number of benzene rings is 4. The first kappa shape index (κ1) is 24.8. The largest absolute Gasteiger partial charge is 0.256 e. The molecule has 2 nitrogen and oxygen atoms in total. The molecule has 6 aromatic rings. The molecule has 0 saturated heterocycles. The van der Waals surface area contributed by atoms with Crippen LogP contribution in [0.25, 0.3) is 46.1 Å². The van der Waals surface area contributed by atoms with Crippen LogP contribution >= 0.6 is 11.8 Å². The molecule has 0 saturated carbocycles. The van der Waals surface area contributed by atoms with E-state index in [-0.39, 0.29) is 0 Å². The molecule has 0 aliphatic carbocycles. The maximum atomic E-state index is 4.55. The summed E-state index contributed by atoms with van der Waals surface area (Å²) in [7, 11) is 0. The van der Waals surface area contributed by atoms with Crippen molar-refractivity contribution in [3.63, 3.8) is 0 Å². The van der Waals surface area contributed by atoms with E-state index < -0.39 is 0 Å². The number of nitrogens with zero attached hydrogens (tertiary/aromatic N) is 2. The second kappa shape index (κ2) is 11.1. The van der Waals surface area contributed by atoms with E-state index in [1.165, 1.54) is 42.8 Å². The van der Waals surface area contributed by atoms with Crippen molar-refractivity contribution in [1.29, 1.82) is 0 Å². The lowest BCUT2D eigenvalue weighted by Crippen LogP contribution is -1.82. The van der Waals surface area contributed by atoms with E-state index in [1.807, 2.05) is 12.4 Å². The van der Waals surface area contributed by atoms with Crippen molar-refractivity contribution in [2.75, 3.05) is 0 Å². The summed E-state index contributed by atoms with van der Waals surface area (Å²) in [6.45, 7) is 4.14. The van der Waals surface area contributed by atoms with Gasteiger partial charge in [-0.1, -0.05) is 84.6 Å². The summed E-state index contributed by atoms with van der Waals surface area (Å²) in [4.78, 5) is 11.5. The van der Waals surface area contributed by atoms with Crippen LogP contribution in [0.15, 0.2) is 119 Å². The molecular formula is C36H28N2S. The highest BCUT2D eigenvalue weighted by Crippen LogP contribution is 2.29. The summed E-state index contributed by atoms with van der Waals surface area (Å²) in [5.74, 6) is 0. The predicted octanol–water partition coefficient (Wildman–Crippen LogP) is 9.89. The van der Waals surface area contributed by atoms with Crippen LogP contribution in [0.3, 0.4) is 0 Å². The van der Waals surface area contributed by atoms with Gasteiger partial charge < -0.3 is 0 Å². The lowest BCUT2D eigenvalue weighted by Gasteiger charge is -2.04. The molecule has 188 valence electrons. The number of hydrogen-bond donors (Lipinski definition) is 0. The Morgan fingerprint density at radius 2 is 0.846 bits per heavy atom. The Morgan fingerprint density at radius 1 is 0.462 bits per heavy atom. The maximum absolute atomic E-state index is 4.55. The number of rotatable bonds is 6. The van der Waals surface area contributed by atoms with Crippen LogP contribution < -0.4 is 0 Å². The summed E-state index contributed by atoms with van der Waals surface area (Å²) in [5, 5.41) is 2.35. The Hall–Kier alpha value is -4.47. The minimum absolute atomic E-state index is 1.03. The van der Waals surface area contributed by atoms with E-state index in [9.17, 15) is 0 Å². The average molecular weight is 521 g/mol. The number of fused-ring (bicyclic) bond motifs is 2. The highest BCUT2D eigenvalue weighted by atomic mass is 32.2. The van der Waals surface area contributed by atoms with E-state index in [2.05, 4.69) is 145 Å². The lowest BCUT2D eigenvalue weighted by atomic mass is 10.1. The van der Waals surface area contributed by atoms with Gasteiger partial charge in [0, 0.05) is 33.0 Å². The van der Waals surface area contributed by atoms with Crippen molar-refractivity contribution in [2.45, 2.75) is 23.6 Å². The zero-order valence-electron chi connectivity index (χ0n) is 22.0. The molecule has 3 heteroatoms. The molecule has 2 heterocycles. The van der Waals surface area contributed by atoms with Crippen LogP contribution in [-0.4, -0.2) is 9.97 Å². The monoisotopic (exact) mass is 520 g/mol. The van der Waals surface area contributed by atoms with Gasteiger partial charge in [-0.15, -0.1) is 0 Å². The third kappa shape index (κ3) is 6.17. The van der Waals surface area contributed by atoms with E-state index in [0.29, 0.717) is 0 Å². The molecule has 39 heavy (non-hydrogen) atoms. The van der Waals surface area contributed by atoms with Gasteiger partial charge >= 0.3 is 0 Å². The summed E-state index contributed by atoms with van der Waals surface area (Å²) >= 11 is 1.77. The number of aryl methyl sites for hydroxylation is 2. The molecule has 0 bridgehead atoms. The zero-order valence-corrected chi connectivity index (χ0v) is 22.8. The van der Waals surface area contributed by atoms with Crippen LogP contribution in [0.5, 0.6) is 0 Å². The average Bonchev–Trinajstić information content (AvgIpc) is 2.96. The van der Waals surface area contributed by atoms with Gasteiger partial charge in [0.25, 0.3) is 0 Å². The van der Waals surface area contributed by atoms with E-state index in [0.717, 1.165) is 22.2 Å². The van der Waals surface area contributed by atoms with Gasteiger partial charge in [-0.05, 0) is 95.8 Å². The van der Waals surface area contributed by atoms with Crippen molar-refractivity contribution in [3.8, 4) is 0 Å². The molecule has 0 aliphatic heterocycles. The summed E-state index contributed by atoms with van der Waals surface area (Å²) in [5.41, 5.74) is 9.07. The first-order valence-electron chi connectivity index (χ1n) is 13.0. The molecule has 6 rings (SSSR count). The quantitative estimate of drug-likeness (QED) is 0.204. The number of pyridine rings is 2. The molecule has 0 N–H and O–H groups in total. The molecule has 0 radical (unpaired) electrons. The molecule has 4 aromatic carbocycles. The second-order valence-corrected chi connectivity index (χ2v) is 11.0. The summed E-state index contributed by atoms with van der Waals surface area (Å²) < 4.78 is 0. The zero-order chi connectivity index (χ0) is 26.6. The van der Waals surface area contributed by atoms with Gasteiger partial charge in [0.1, 0.15) is 0 Å². The molecule has 0 amide bonds. The topological polar surface area (TPSA) is 25.8 Å². The van der Waals surface area contributed by atoms with Gasteiger partial charge in [-0.3, -0.25) is 9.97 Å². The highest BCUT2D eigenvalue weighted by molar-refractivity contribution is 7.99. The van der Waals surface area contributed by atoms with Gasteiger partial charge in [0.15, 0.2) is 0 Å². The molecule has 2 aromatic heterocycles. The van der Waals surface area contributed by atoms with E-state index >= 15 is 0 Å². The minimum atomic E-state index is 1.03. The fourth-order valence-electron chi connectivity index (χ4n) is 4.52. The standard InChI is InChI=1S/C36H28N2S/c1-25-19-31-13-7-29(21-35(31)37-23-25)5-3-27-9-15-33(16-10-27)39-34-17-11-28(12-18-34)4-6-30-8-14-32-20-26(2)24-38-36(32)22-30/h3-24H,1-2H3. The van der Waals surface area contributed by atoms with E-state index in [1.54, 1.807) is 11.8 Å². The van der Waals surface area contributed by atoms with Crippen LogP contribution in [-0.2, 0) is 0 Å². The summed E-state index contributed by atoms with van der Waals surface area (Å²) in [6.07, 6.45) is 12.4. The van der Waals surface area contributed by atoms with Crippen LogP contribution in [0.4, 0.5) is 0 Å². The van der Waals surface area contributed by atoms with Gasteiger partial charge in [0.2, 0.25) is 0 Å². The summed E-state index contributed by atoms with van der Waals surface area (Å²) in [6, 6.07) is 34.5. The Kier molecular flexibility index (Phi) is 7.07. The van der Waals surface area contributed by atoms with Crippen molar-refractivity contribution in [2.24, 2.45) is 0 Å². The lowest BCUT2D eigenvalue weighted by molar-refractivity contribution is 1.33. The molecule has 0 aliphatic rings. The smallest absolute Gasteiger partial charge is 0.0708 e. The van der Waals surface area contributed by atoms with Gasteiger partial charge in [-0.25, -0.2) is 0 Å². The fourth-order valence-corrected chi connectivity index (χ4v) is 5.34. The van der Waals surface area contributed by atoms with Crippen molar-refractivity contribution in [1.82, 2.24) is 9.97 Å². The van der Waals surface area contributed by atoms with Gasteiger partial charge in [-0.2, -0.15) is 0 Å². The van der Waals surface area contributed by atoms with Crippen LogP contribution in [0, 0.1) is 13.8 Å². The first-order chi connectivity index (χ1) is 19.1. The van der Waals surface area contributed by atoms with E-state index in [4.69, 9.17) is 0 Å². The molecular weight excluding hydrogens is 492 g/mol. The maximum Gasteiger partial charge on any atom is 0.0708 e. The highest BCUT2D eigenvalue weighted by Gasteiger charge is 2.00. The molecule has 0 atom stereocenters. The Morgan fingerprint density at radius 3 is 1.28 bits per heavy atom. The number of aromatic nitrogens is 2. The molecule has 0 unspecified atom stereocenters. The first-order valence-corrected chi connectivity index (χ1v) is 13.9. The second-order valence-electron chi connectivity index (χ2n) is 9.84. The van der Waals surface area contributed by atoms with Crippen molar-refractivity contribution >= 4 is 57.9 Å². The Balaban J connectivity index is 1.08. The predicted molar refractivity (Wildman–Crippen MR) is 168 cm³/mol. The molecule has 0 fully saturated rings. The van der Waals surface area contributed by atoms with Crippen LogP contribution in [0.1, 0.15) is 33.4 Å². The van der Waals surface area contributed by atoms with Crippen molar-refractivity contribution < 1.29 is 0 Å². The third-order valence-electron chi connectivity index (χ3n) is 6.62. The third-order valence-corrected chi connectivity index (χ3v) is 7.64. The Labute approximate surface area is 233 Å². The SMILES string of the molecule is Cc1cnc2cc(C=Cc3ccc(Sc4ccc(C=Cc5ccc6cc(C)cnc6c5)cc4)cc3)ccc2c1. The minimum Gasteiger partial charge on any atom is -0.256 e. The normalized spacial score (nSPS) is 11.7. The van der Waals surface area contributed by atoms with Gasteiger partial charge in [0.05, 0.1) is 11.0 Å². The fraction of sp³-hybridized carbons (Fsp3) is 0.0556. The van der Waals surface area contributed by atoms with Crippen molar-refractivity contribution in [3.05, 3.63) is 143 Å².